The van der Waals surface area contributed by atoms with Gasteiger partial charge in [0, 0.05) is 54.7 Å². The van der Waals surface area contributed by atoms with Gasteiger partial charge in [0.15, 0.2) is 0 Å². The van der Waals surface area contributed by atoms with Crippen LogP contribution in [0.15, 0.2) is 54.6 Å². The highest BCUT2D eigenvalue weighted by molar-refractivity contribution is 6.36. The first-order chi connectivity index (χ1) is 25.6. The number of methoxy groups -OCH3 is 2. The van der Waals surface area contributed by atoms with Gasteiger partial charge in [0.05, 0.1) is 30.4 Å². The maximum absolute atomic E-state index is 11.8. The summed E-state index contributed by atoms with van der Waals surface area (Å²) in [7, 11) is 3.18. The van der Waals surface area contributed by atoms with Gasteiger partial charge in [-0.3, -0.25) is 14.5 Å². The molecule has 1 unspecified atom stereocenters. The average Bonchev–Trinajstić information content (AvgIpc) is 3.88. The predicted molar refractivity (Wildman–Crippen MR) is 204 cm³/mol. The molecule has 1 saturated carbocycles. The Morgan fingerprint density at radius 3 is 2.45 bits per heavy atom. The monoisotopic (exact) mass is 758 g/mol. The number of rotatable bonds is 13. The molecule has 2 fully saturated rings. The minimum absolute atomic E-state index is 0.274. The molecule has 0 radical (unpaired) electrons. The number of pyridine rings is 2. The summed E-state index contributed by atoms with van der Waals surface area (Å²) in [5, 5.41) is 14.1. The van der Waals surface area contributed by atoms with Crippen molar-refractivity contribution >= 4 is 35.0 Å². The Morgan fingerprint density at radius 2 is 1.72 bits per heavy atom. The summed E-state index contributed by atoms with van der Waals surface area (Å²) < 4.78 is 17.8. The first kappa shape index (κ1) is 37.1. The second-order valence-electron chi connectivity index (χ2n) is 14.6. The van der Waals surface area contributed by atoms with Gasteiger partial charge in [-0.1, -0.05) is 65.7 Å². The average molecular weight is 760 g/mol. The Morgan fingerprint density at radius 1 is 0.962 bits per heavy atom. The molecule has 2 N–H and O–H groups in total. The zero-order valence-electron chi connectivity index (χ0n) is 30.2. The second kappa shape index (κ2) is 15.6. The number of hydrogen-bond acceptors (Lipinski definition) is 9. The van der Waals surface area contributed by atoms with E-state index in [0.717, 1.165) is 64.8 Å². The van der Waals surface area contributed by atoms with E-state index in [1.807, 2.05) is 42.5 Å². The molecule has 7 rings (SSSR count). The number of fused-ring (bicyclic) bond motifs is 1. The van der Waals surface area contributed by atoms with Crippen LogP contribution < -0.4 is 19.5 Å². The third-order valence-corrected chi connectivity index (χ3v) is 11.6. The van der Waals surface area contributed by atoms with E-state index in [2.05, 4.69) is 27.3 Å². The highest BCUT2D eigenvalue weighted by Gasteiger charge is 2.40. The molecule has 2 aliphatic carbocycles. The molecule has 10 nitrogen and oxygen atoms in total. The number of carboxylic acids is 1. The van der Waals surface area contributed by atoms with Crippen LogP contribution in [-0.2, 0) is 29.1 Å². The van der Waals surface area contributed by atoms with Gasteiger partial charge < -0.3 is 24.6 Å². The molecule has 2 aromatic carbocycles. The Kier molecular flexibility index (Phi) is 10.9. The molecule has 12 heteroatoms. The van der Waals surface area contributed by atoms with Gasteiger partial charge in [0.1, 0.15) is 16.9 Å². The molecule has 2 aromatic heterocycles. The Labute approximate surface area is 319 Å². The number of carboxylic acid groups (broad SMARTS) is 1. The molecule has 0 amide bonds. The standard InChI is InChI=1S/C41H44Cl2N4O6/c1-41(40(49)50)16-17-47(23-41)22-26-19-33(42)39(46-38(26)52-3)53-35-15-13-29-28(6-4-7-30(29)35)31-8-5-9-32(36(31)43)34-14-11-25(37(45-34)51-2)21-44-20-24-10-12-27(48)18-24/h4-9,11,14,19,24,35,44H,10,12-13,15-18,20-23H2,1-3H3,(H,49,50)/t24-,35+,41?/m1/s1. The summed E-state index contributed by atoms with van der Waals surface area (Å²) in [6.07, 6.45) is 4.10. The minimum Gasteiger partial charge on any atom is -0.481 e. The fraction of sp³-hybridized carbons (Fsp3) is 0.415. The SMILES string of the molecule is COc1nc(-c2cccc(-c3cccc4c3CC[C@@H]4Oc3nc(OC)c(CN4CCC(C)(C(=O)O)C4)cc3Cl)c2Cl)ccc1CNC[C@@H]1CCC(=O)C1. The minimum atomic E-state index is -0.787. The largest absolute Gasteiger partial charge is 0.481 e. The van der Waals surface area contributed by atoms with E-state index in [1.165, 1.54) is 0 Å². The Balaban J connectivity index is 1.08. The smallest absolute Gasteiger partial charge is 0.310 e. The summed E-state index contributed by atoms with van der Waals surface area (Å²) in [6, 6.07) is 18.0. The summed E-state index contributed by atoms with van der Waals surface area (Å²) in [6.45, 7) is 4.74. The highest BCUT2D eigenvalue weighted by atomic mass is 35.5. The van der Waals surface area contributed by atoms with Crippen LogP contribution in [-0.4, -0.2) is 65.6 Å². The van der Waals surface area contributed by atoms with Crippen LogP contribution in [0.25, 0.3) is 22.4 Å². The molecule has 3 atom stereocenters. The first-order valence-electron chi connectivity index (χ1n) is 18.1. The van der Waals surface area contributed by atoms with E-state index in [-0.39, 0.29) is 6.10 Å². The van der Waals surface area contributed by atoms with Crippen molar-refractivity contribution in [3.05, 3.63) is 86.9 Å². The number of halogens is 2. The number of Topliss-reactive ketones (excluding diaryl/α,β-unsaturated/α-hetero) is 1. The second-order valence-corrected chi connectivity index (χ2v) is 15.4. The van der Waals surface area contributed by atoms with Gasteiger partial charge in [-0.15, -0.1) is 0 Å². The summed E-state index contributed by atoms with van der Waals surface area (Å²) in [4.78, 5) is 35.0. The number of aromatic nitrogens is 2. The Hall–Kier alpha value is -4.22. The molecule has 53 heavy (non-hydrogen) atoms. The fourth-order valence-electron chi connectivity index (χ4n) is 7.94. The lowest BCUT2D eigenvalue weighted by Crippen LogP contribution is -2.31. The van der Waals surface area contributed by atoms with Crippen LogP contribution >= 0.6 is 23.2 Å². The molecule has 3 aliphatic rings. The van der Waals surface area contributed by atoms with Crippen molar-refractivity contribution in [1.82, 2.24) is 20.2 Å². The topological polar surface area (TPSA) is 123 Å². The lowest BCUT2D eigenvalue weighted by molar-refractivity contribution is -0.147. The highest BCUT2D eigenvalue weighted by Crippen LogP contribution is 2.45. The number of ketones is 1. The zero-order chi connectivity index (χ0) is 37.3. The number of nitrogens with one attached hydrogen (secondary N) is 1. The predicted octanol–water partition coefficient (Wildman–Crippen LogP) is 7.96. The van der Waals surface area contributed by atoms with Gasteiger partial charge >= 0.3 is 5.97 Å². The molecule has 1 saturated heterocycles. The van der Waals surface area contributed by atoms with Gasteiger partial charge in [-0.2, -0.15) is 4.98 Å². The molecule has 4 aromatic rings. The molecule has 1 aliphatic heterocycles. The molecule has 3 heterocycles. The number of ether oxygens (including phenoxy) is 3. The fourth-order valence-corrected chi connectivity index (χ4v) is 8.49. The molecular formula is C41H44Cl2N4O6. The van der Waals surface area contributed by atoms with E-state index in [9.17, 15) is 14.7 Å². The number of carbonyl (C=O) groups excluding carboxylic acids is 1. The van der Waals surface area contributed by atoms with Crippen molar-refractivity contribution < 1.29 is 28.9 Å². The third kappa shape index (κ3) is 7.74. The molecule has 0 bridgehead atoms. The van der Waals surface area contributed by atoms with Gasteiger partial charge in [0.25, 0.3) is 0 Å². The summed E-state index contributed by atoms with van der Waals surface area (Å²) in [5.74, 6) is 1.18. The van der Waals surface area contributed by atoms with Crippen molar-refractivity contribution in [3.63, 3.8) is 0 Å². The summed E-state index contributed by atoms with van der Waals surface area (Å²) >= 11 is 13.9. The normalized spacial score (nSPS) is 21.2. The number of hydrogen-bond donors (Lipinski definition) is 2. The van der Waals surface area contributed by atoms with Crippen molar-refractivity contribution in [2.75, 3.05) is 33.9 Å². The molecule has 0 spiro atoms. The lowest BCUT2D eigenvalue weighted by atomic mass is 9.90. The van der Waals surface area contributed by atoms with Crippen LogP contribution in [0.2, 0.25) is 10.0 Å². The third-order valence-electron chi connectivity index (χ3n) is 10.9. The molecule has 278 valence electrons. The number of benzene rings is 2. The number of carbonyl (C=O) groups is 2. The number of nitrogens with zero attached hydrogens (tertiary/aromatic N) is 3. The van der Waals surface area contributed by atoms with Crippen molar-refractivity contribution in [2.45, 2.75) is 64.6 Å². The van der Waals surface area contributed by atoms with Crippen molar-refractivity contribution in [1.29, 1.82) is 0 Å². The van der Waals surface area contributed by atoms with Crippen LogP contribution in [0.5, 0.6) is 17.6 Å². The lowest BCUT2D eigenvalue weighted by Gasteiger charge is -2.22. The van der Waals surface area contributed by atoms with Gasteiger partial charge in [-0.25, -0.2) is 4.98 Å². The van der Waals surface area contributed by atoms with E-state index in [4.69, 9.17) is 42.4 Å². The quantitative estimate of drug-likeness (QED) is 0.139. The van der Waals surface area contributed by atoms with E-state index in [1.54, 1.807) is 21.1 Å². The van der Waals surface area contributed by atoms with E-state index in [0.29, 0.717) is 90.5 Å². The Bertz CT molecular complexity index is 2040. The maximum atomic E-state index is 11.8. The van der Waals surface area contributed by atoms with E-state index < -0.39 is 11.4 Å². The zero-order valence-corrected chi connectivity index (χ0v) is 31.7. The van der Waals surface area contributed by atoms with Crippen LogP contribution in [0, 0.1) is 11.3 Å². The maximum Gasteiger partial charge on any atom is 0.310 e. The van der Waals surface area contributed by atoms with Crippen LogP contribution in [0.4, 0.5) is 0 Å². The van der Waals surface area contributed by atoms with Crippen molar-refractivity contribution in [3.8, 4) is 40.0 Å². The van der Waals surface area contributed by atoms with Crippen LogP contribution in [0.3, 0.4) is 0 Å². The van der Waals surface area contributed by atoms with Gasteiger partial charge in [-0.05, 0) is 80.4 Å². The molecular weight excluding hydrogens is 715 g/mol. The number of aliphatic carboxylic acids is 1. The first-order valence-corrected chi connectivity index (χ1v) is 18.9. The van der Waals surface area contributed by atoms with Crippen molar-refractivity contribution in [2.24, 2.45) is 11.3 Å². The van der Waals surface area contributed by atoms with E-state index >= 15 is 0 Å². The van der Waals surface area contributed by atoms with Crippen LogP contribution in [0.1, 0.15) is 67.4 Å². The van der Waals surface area contributed by atoms with Gasteiger partial charge in [0.2, 0.25) is 17.6 Å². The summed E-state index contributed by atoms with van der Waals surface area (Å²) in [5.41, 5.74) is 6.60. The number of likely N-dealkylation sites (tertiary alicyclic amines) is 1.